The fraction of sp³-hybridized carbons (Fsp3) is 0.286. The molecule has 6 rings (SSSR count). The molecule has 2 atom stereocenters. The number of rotatable bonds is 6. The molecule has 0 saturated carbocycles. The maximum Gasteiger partial charge on any atom is 0.275 e. The Morgan fingerprint density at radius 1 is 1.11 bits per heavy atom. The number of amides is 1. The zero-order valence-electron chi connectivity index (χ0n) is 21.1. The molecule has 4 heterocycles. The summed E-state index contributed by atoms with van der Waals surface area (Å²) in [7, 11) is 0. The first-order chi connectivity index (χ1) is 18.6. The van der Waals surface area contributed by atoms with Gasteiger partial charge in [0.25, 0.3) is 5.91 Å². The highest BCUT2D eigenvalue weighted by Crippen LogP contribution is 2.40. The number of nitrogens with one attached hydrogen (secondary N) is 1. The topological polar surface area (TPSA) is 109 Å². The van der Waals surface area contributed by atoms with Crippen molar-refractivity contribution >= 4 is 28.6 Å². The standard InChI is InChI=1S/C28H29N7O2S/c1-18-25(37-20-5-3-2-4-6-20)8-7-22(26(18)35-14-13-34-12-10-21(29)24(34)16-35)32-27(36)23-17-38-28(33-23)19-9-11-30-31-15-19/h2-9,11,15,17,21,24H,10,12-14,16,29H2,1H3,(H,32,36)/t21-,24-/m1/s1. The quantitative estimate of drug-likeness (QED) is 0.385. The van der Waals surface area contributed by atoms with Crippen molar-refractivity contribution in [2.75, 3.05) is 36.4 Å². The molecule has 1 amide bonds. The number of hydrogen-bond donors (Lipinski definition) is 2. The molecule has 0 radical (unpaired) electrons. The molecule has 2 saturated heterocycles. The largest absolute Gasteiger partial charge is 0.457 e. The van der Waals surface area contributed by atoms with Gasteiger partial charge in [0.15, 0.2) is 0 Å². The van der Waals surface area contributed by atoms with Crippen LogP contribution in [0.2, 0.25) is 0 Å². The van der Waals surface area contributed by atoms with E-state index in [1.807, 2.05) is 55.5 Å². The van der Waals surface area contributed by atoms with Crippen LogP contribution in [0.5, 0.6) is 11.5 Å². The lowest BCUT2D eigenvalue weighted by Crippen LogP contribution is -2.55. The lowest BCUT2D eigenvalue weighted by Gasteiger charge is -2.41. The molecule has 0 spiro atoms. The average molecular weight is 528 g/mol. The minimum Gasteiger partial charge on any atom is -0.457 e. The Morgan fingerprint density at radius 3 is 2.79 bits per heavy atom. The molecule has 2 aliphatic heterocycles. The van der Waals surface area contributed by atoms with Crippen LogP contribution in [0.1, 0.15) is 22.5 Å². The Kier molecular flexibility index (Phi) is 6.75. The molecule has 0 aliphatic carbocycles. The Labute approximate surface area is 225 Å². The first-order valence-corrected chi connectivity index (χ1v) is 13.6. The number of hydrogen-bond acceptors (Lipinski definition) is 9. The van der Waals surface area contributed by atoms with E-state index in [0.29, 0.717) is 11.7 Å². The van der Waals surface area contributed by atoms with E-state index in [4.69, 9.17) is 10.5 Å². The monoisotopic (exact) mass is 527 g/mol. The summed E-state index contributed by atoms with van der Waals surface area (Å²) in [6.07, 6.45) is 4.26. The van der Waals surface area contributed by atoms with Gasteiger partial charge in [-0.05, 0) is 43.7 Å². The SMILES string of the molecule is Cc1c(Oc2ccccc2)ccc(NC(=O)c2csc(-c3ccnnc3)n2)c1N1CCN2CC[C@@H](N)[C@H]2C1. The Hall–Kier alpha value is -3.86. The lowest BCUT2D eigenvalue weighted by atomic mass is 10.0. The number of nitrogens with two attached hydrogens (primary N) is 1. The van der Waals surface area contributed by atoms with Crippen LogP contribution in [0, 0.1) is 6.92 Å². The van der Waals surface area contributed by atoms with Gasteiger partial charge < -0.3 is 20.7 Å². The van der Waals surface area contributed by atoms with Crippen LogP contribution in [0.4, 0.5) is 11.4 Å². The van der Waals surface area contributed by atoms with E-state index in [1.54, 1.807) is 17.8 Å². The van der Waals surface area contributed by atoms with Crippen molar-refractivity contribution in [1.82, 2.24) is 20.1 Å². The summed E-state index contributed by atoms with van der Waals surface area (Å²) in [5.41, 5.74) is 10.3. The third-order valence-corrected chi connectivity index (χ3v) is 8.15. The number of piperazine rings is 1. The van der Waals surface area contributed by atoms with Gasteiger partial charge in [0.05, 0.1) is 23.8 Å². The van der Waals surface area contributed by atoms with E-state index in [-0.39, 0.29) is 11.9 Å². The van der Waals surface area contributed by atoms with Gasteiger partial charge in [-0.3, -0.25) is 9.69 Å². The van der Waals surface area contributed by atoms with Gasteiger partial charge in [0.2, 0.25) is 0 Å². The van der Waals surface area contributed by atoms with E-state index in [9.17, 15) is 4.79 Å². The third kappa shape index (κ3) is 4.85. The van der Waals surface area contributed by atoms with Crippen molar-refractivity contribution in [3.05, 3.63) is 77.6 Å². The van der Waals surface area contributed by atoms with Crippen LogP contribution in [0.25, 0.3) is 10.6 Å². The molecule has 9 nitrogen and oxygen atoms in total. The van der Waals surface area contributed by atoms with Crippen molar-refractivity contribution in [2.45, 2.75) is 25.4 Å². The first kappa shape index (κ1) is 24.5. The zero-order chi connectivity index (χ0) is 26.1. The van der Waals surface area contributed by atoms with Gasteiger partial charge in [-0.25, -0.2) is 4.98 Å². The summed E-state index contributed by atoms with van der Waals surface area (Å²) >= 11 is 1.40. The number of para-hydroxylation sites is 1. The summed E-state index contributed by atoms with van der Waals surface area (Å²) in [5, 5.41) is 13.3. The maximum atomic E-state index is 13.3. The summed E-state index contributed by atoms with van der Waals surface area (Å²) in [4.78, 5) is 22.7. The van der Waals surface area contributed by atoms with Crippen molar-refractivity contribution in [3.8, 4) is 22.1 Å². The Balaban J connectivity index is 1.31. The number of aromatic nitrogens is 3. The molecule has 2 aliphatic rings. The molecule has 38 heavy (non-hydrogen) atoms. The normalized spacial score (nSPS) is 19.3. The number of carbonyl (C=O) groups is 1. The Bertz CT molecular complexity index is 1430. The molecule has 0 bridgehead atoms. The van der Waals surface area contributed by atoms with E-state index >= 15 is 0 Å². The molecule has 2 aromatic heterocycles. The minimum absolute atomic E-state index is 0.149. The highest BCUT2D eigenvalue weighted by molar-refractivity contribution is 7.13. The number of carbonyl (C=O) groups excluding carboxylic acids is 1. The zero-order valence-corrected chi connectivity index (χ0v) is 21.9. The maximum absolute atomic E-state index is 13.3. The van der Waals surface area contributed by atoms with Gasteiger partial charge in [-0.1, -0.05) is 18.2 Å². The van der Waals surface area contributed by atoms with Gasteiger partial charge >= 0.3 is 0 Å². The number of anilines is 2. The fourth-order valence-electron chi connectivity index (χ4n) is 5.27. The highest BCUT2D eigenvalue weighted by atomic mass is 32.1. The molecular formula is C28H29N7O2S. The molecular weight excluding hydrogens is 498 g/mol. The Morgan fingerprint density at radius 2 is 1.97 bits per heavy atom. The summed E-state index contributed by atoms with van der Waals surface area (Å²) < 4.78 is 6.25. The molecule has 0 unspecified atom stereocenters. The van der Waals surface area contributed by atoms with Gasteiger partial charge in [0, 0.05) is 54.8 Å². The van der Waals surface area contributed by atoms with Crippen molar-refractivity contribution < 1.29 is 9.53 Å². The van der Waals surface area contributed by atoms with E-state index in [0.717, 1.165) is 71.6 Å². The summed E-state index contributed by atoms with van der Waals surface area (Å²) in [6, 6.07) is 15.8. The van der Waals surface area contributed by atoms with Crippen LogP contribution in [0.3, 0.4) is 0 Å². The summed E-state index contributed by atoms with van der Waals surface area (Å²) in [5.74, 6) is 1.26. The number of fused-ring (bicyclic) bond motifs is 1. The molecule has 10 heteroatoms. The van der Waals surface area contributed by atoms with Crippen molar-refractivity contribution in [2.24, 2.45) is 5.73 Å². The smallest absolute Gasteiger partial charge is 0.275 e. The second kappa shape index (κ2) is 10.5. The predicted molar refractivity (Wildman–Crippen MR) is 149 cm³/mol. The predicted octanol–water partition coefficient (Wildman–Crippen LogP) is 4.17. The number of ether oxygens (including phenoxy) is 1. The van der Waals surface area contributed by atoms with Crippen LogP contribution in [-0.2, 0) is 0 Å². The van der Waals surface area contributed by atoms with Crippen molar-refractivity contribution in [1.29, 1.82) is 0 Å². The van der Waals surface area contributed by atoms with Crippen LogP contribution < -0.4 is 20.7 Å². The lowest BCUT2D eigenvalue weighted by molar-refractivity contribution is 0.102. The van der Waals surface area contributed by atoms with Gasteiger partial charge in [-0.2, -0.15) is 10.2 Å². The minimum atomic E-state index is -0.261. The van der Waals surface area contributed by atoms with E-state index < -0.39 is 0 Å². The van der Waals surface area contributed by atoms with Gasteiger partial charge in [0.1, 0.15) is 22.2 Å². The van der Waals surface area contributed by atoms with E-state index in [2.05, 4.69) is 30.3 Å². The number of thiazole rings is 1. The molecule has 194 valence electrons. The van der Waals surface area contributed by atoms with Crippen LogP contribution in [0.15, 0.2) is 66.3 Å². The fourth-order valence-corrected chi connectivity index (χ4v) is 6.06. The van der Waals surface area contributed by atoms with E-state index in [1.165, 1.54) is 11.3 Å². The highest BCUT2D eigenvalue weighted by Gasteiger charge is 2.37. The van der Waals surface area contributed by atoms with Crippen LogP contribution >= 0.6 is 11.3 Å². The average Bonchev–Trinajstić information content (AvgIpc) is 3.59. The van der Waals surface area contributed by atoms with Gasteiger partial charge in [-0.15, -0.1) is 11.3 Å². The second-order valence-corrected chi connectivity index (χ2v) is 10.5. The second-order valence-electron chi connectivity index (χ2n) is 9.62. The van der Waals surface area contributed by atoms with Crippen molar-refractivity contribution in [3.63, 3.8) is 0 Å². The van der Waals surface area contributed by atoms with Crippen LogP contribution in [-0.4, -0.2) is 64.3 Å². The summed E-state index contributed by atoms with van der Waals surface area (Å²) in [6.45, 7) is 5.66. The molecule has 3 N–H and O–H groups in total. The number of benzene rings is 2. The number of nitrogens with zero attached hydrogens (tertiary/aromatic N) is 5. The molecule has 4 aromatic rings. The molecule has 2 aromatic carbocycles. The molecule has 2 fully saturated rings. The third-order valence-electron chi connectivity index (χ3n) is 7.26. The first-order valence-electron chi connectivity index (χ1n) is 12.7.